The molecule has 1 atom stereocenters. The Bertz CT molecular complexity index is 124. The van der Waals surface area contributed by atoms with E-state index in [0.717, 1.165) is 6.42 Å². The second kappa shape index (κ2) is 6.91. The van der Waals surface area contributed by atoms with Crippen molar-refractivity contribution in [1.82, 2.24) is 0 Å². The molecule has 0 bridgehead atoms. The van der Waals surface area contributed by atoms with Crippen LogP contribution in [0.15, 0.2) is 0 Å². The molecule has 0 saturated carbocycles. The van der Waals surface area contributed by atoms with Crippen LogP contribution in [0, 0.1) is 0 Å². The Morgan fingerprint density at radius 1 is 1.42 bits per heavy atom. The lowest BCUT2D eigenvalue weighted by Gasteiger charge is -2.13. The van der Waals surface area contributed by atoms with Crippen molar-refractivity contribution in [3.8, 4) is 0 Å². The van der Waals surface area contributed by atoms with Crippen LogP contribution in [0.4, 0.5) is 4.79 Å². The second-order valence-electron chi connectivity index (χ2n) is 2.29. The molecule has 1 unspecified atom stereocenters. The van der Waals surface area contributed by atoms with E-state index in [1.807, 2.05) is 6.92 Å². The first kappa shape index (κ1) is 11.2. The Morgan fingerprint density at radius 2 is 2.08 bits per heavy atom. The second-order valence-corrected chi connectivity index (χ2v) is 2.29. The van der Waals surface area contributed by atoms with Crippen LogP contribution >= 0.6 is 0 Å². The van der Waals surface area contributed by atoms with Crippen molar-refractivity contribution in [2.45, 2.75) is 26.4 Å². The summed E-state index contributed by atoms with van der Waals surface area (Å²) in [6, 6.07) is 0. The van der Waals surface area contributed by atoms with Gasteiger partial charge in [-0.15, -0.1) is 0 Å². The molecule has 0 aromatic rings. The third kappa shape index (κ3) is 4.96. The molecule has 0 aliphatic rings. The predicted octanol–water partition coefficient (Wildman–Crippen LogP) is 1.58. The number of carbonyl (C=O) groups excluding carboxylic acids is 1. The summed E-state index contributed by atoms with van der Waals surface area (Å²) in [5, 5.41) is 0. The lowest BCUT2D eigenvalue weighted by atomic mass is 10.3. The molecule has 0 heterocycles. The monoisotopic (exact) mass is 176 g/mol. The number of hydrogen-bond acceptors (Lipinski definition) is 4. The van der Waals surface area contributed by atoms with Gasteiger partial charge >= 0.3 is 6.16 Å². The molecule has 12 heavy (non-hydrogen) atoms. The number of carbonyl (C=O) groups is 1. The van der Waals surface area contributed by atoms with Crippen LogP contribution in [0.2, 0.25) is 0 Å². The molecule has 0 aromatic heterocycles. The average molecular weight is 176 g/mol. The zero-order chi connectivity index (χ0) is 9.40. The largest absolute Gasteiger partial charge is 0.508 e. The summed E-state index contributed by atoms with van der Waals surface area (Å²) in [6.07, 6.45) is -0.0948. The van der Waals surface area contributed by atoms with E-state index in [4.69, 9.17) is 9.47 Å². The molecule has 4 nitrogen and oxygen atoms in total. The highest BCUT2D eigenvalue weighted by atomic mass is 16.7. The highest BCUT2D eigenvalue weighted by molar-refractivity contribution is 5.60. The van der Waals surface area contributed by atoms with Gasteiger partial charge in [-0.2, -0.15) is 0 Å². The maximum absolute atomic E-state index is 10.8. The molecule has 0 aliphatic heterocycles. The van der Waals surface area contributed by atoms with E-state index in [1.165, 1.54) is 0 Å². The Morgan fingerprint density at radius 3 is 2.50 bits per heavy atom. The molecular weight excluding hydrogens is 160 g/mol. The fourth-order valence-corrected chi connectivity index (χ4v) is 0.709. The van der Waals surface area contributed by atoms with E-state index < -0.39 is 6.16 Å². The lowest BCUT2D eigenvalue weighted by Crippen LogP contribution is -2.22. The molecular formula is C8H16O4. The van der Waals surface area contributed by atoms with Crippen LogP contribution in [0.5, 0.6) is 0 Å². The molecule has 0 rings (SSSR count). The van der Waals surface area contributed by atoms with Gasteiger partial charge < -0.3 is 14.2 Å². The van der Waals surface area contributed by atoms with Crippen molar-refractivity contribution in [3.05, 3.63) is 0 Å². The smallest absolute Gasteiger partial charge is 0.435 e. The number of rotatable bonds is 5. The van der Waals surface area contributed by atoms with E-state index in [0.29, 0.717) is 13.2 Å². The third-order valence-electron chi connectivity index (χ3n) is 1.33. The predicted molar refractivity (Wildman–Crippen MR) is 44.1 cm³/mol. The fraction of sp³-hybridized carbons (Fsp3) is 0.875. The molecule has 0 N–H and O–H groups in total. The fourth-order valence-electron chi connectivity index (χ4n) is 0.709. The molecule has 0 saturated heterocycles. The summed E-state index contributed by atoms with van der Waals surface area (Å²) < 4.78 is 14.3. The maximum Gasteiger partial charge on any atom is 0.508 e. The van der Waals surface area contributed by atoms with E-state index in [9.17, 15) is 4.79 Å². The van der Waals surface area contributed by atoms with E-state index in [2.05, 4.69) is 4.74 Å². The van der Waals surface area contributed by atoms with Crippen molar-refractivity contribution in [1.29, 1.82) is 0 Å². The summed E-state index contributed by atoms with van der Waals surface area (Å²) >= 11 is 0. The van der Waals surface area contributed by atoms with Crippen LogP contribution in [0.3, 0.4) is 0 Å². The van der Waals surface area contributed by atoms with Gasteiger partial charge in [-0.05, 0) is 13.3 Å². The molecule has 0 spiro atoms. The van der Waals surface area contributed by atoms with Crippen LogP contribution in [0.1, 0.15) is 20.3 Å². The van der Waals surface area contributed by atoms with E-state index in [-0.39, 0.29) is 6.10 Å². The van der Waals surface area contributed by atoms with Gasteiger partial charge in [-0.25, -0.2) is 4.79 Å². The van der Waals surface area contributed by atoms with E-state index in [1.54, 1.807) is 14.0 Å². The summed E-state index contributed by atoms with van der Waals surface area (Å²) in [5.41, 5.74) is 0. The minimum Gasteiger partial charge on any atom is -0.435 e. The van der Waals surface area contributed by atoms with Crippen molar-refractivity contribution >= 4 is 6.16 Å². The molecule has 4 heteroatoms. The molecule has 0 fully saturated rings. The van der Waals surface area contributed by atoms with Crippen LogP contribution in [-0.2, 0) is 14.2 Å². The molecule has 72 valence electrons. The summed E-state index contributed by atoms with van der Waals surface area (Å²) in [6.45, 7) is 4.40. The standard InChI is InChI=1S/C8H16O4/c1-4-7(6-10-3)12-8(9)11-5-2/h7H,4-6H2,1-3H3. The minimum atomic E-state index is -0.624. The van der Waals surface area contributed by atoms with Gasteiger partial charge in [-0.3, -0.25) is 0 Å². The van der Waals surface area contributed by atoms with Crippen LogP contribution < -0.4 is 0 Å². The summed E-state index contributed by atoms with van der Waals surface area (Å²) in [7, 11) is 1.57. The Kier molecular flexibility index (Phi) is 6.47. The van der Waals surface area contributed by atoms with Gasteiger partial charge in [-0.1, -0.05) is 6.92 Å². The Balaban J connectivity index is 3.61. The first-order chi connectivity index (χ1) is 5.74. The first-order valence-corrected chi connectivity index (χ1v) is 4.06. The van der Waals surface area contributed by atoms with Gasteiger partial charge in [0, 0.05) is 7.11 Å². The zero-order valence-electron chi connectivity index (χ0n) is 7.83. The maximum atomic E-state index is 10.8. The van der Waals surface area contributed by atoms with Gasteiger partial charge in [0.05, 0.1) is 13.2 Å². The summed E-state index contributed by atoms with van der Waals surface area (Å²) in [4.78, 5) is 10.8. The normalized spacial score (nSPS) is 12.2. The van der Waals surface area contributed by atoms with Gasteiger partial charge in [0.1, 0.15) is 6.10 Å². The quantitative estimate of drug-likeness (QED) is 0.596. The highest BCUT2D eigenvalue weighted by Crippen LogP contribution is 2.00. The van der Waals surface area contributed by atoms with Crippen molar-refractivity contribution < 1.29 is 19.0 Å². The van der Waals surface area contributed by atoms with Gasteiger partial charge in [0.2, 0.25) is 0 Å². The molecule has 0 aromatic carbocycles. The lowest BCUT2D eigenvalue weighted by molar-refractivity contribution is -0.00540. The molecule has 0 amide bonds. The molecule has 0 aliphatic carbocycles. The van der Waals surface area contributed by atoms with Gasteiger partial charge in [0.15, 0.2) is 0 Å². The van der Waals surface area contributed by atoms with Gasteiger partial charge in [0.25, 0.3) is 0 Å². The number of methoxy groups -OCH3 is 1. The number of ether oxygens (including phenoxy) is 3. The topological polar surface area (TPSA) is 44.8 Å². The Labute approximate surface area is 72.8 Å². The van der Waals surface area contributed by atoms with Crippen LogP contribution in [0.25, 0.3) is 0 Å². The third-order valence-corrected chi connectivity index (χ3v) is 1.33. The van der Waals surface area contributed by atoms with Crippen LogP contribution in [-0.4, -0.2) is 32.6 Å². The minimum absolute atomic E-state index is 0.200. The van der Waals surface area contributed by atoms with Crippen molar-refractivity contribution in [2.75, 3.05) is 20.3 Å². The van der Waals surface area contributed by atoms with Crippen molar-refractivity contribution in [2.24, 2.45) is 0 Å². The van der Waals surface area contributed by atoms with Crippen molar-refractivity contribution in [3.63, 3.8) is 0 Å². The first-order valence-electron chi connectivity index (χ1n) is 4.06. The highest BCUT2D eigenvalue weighted by Gasteiger charge is 2.12. The summed E-state index contributed by atoms with van der Waals surface area (Å²) in [5.74, 6) is 0. The molecule has 0 radical (unpaired) electrons. The van der Waals surface area contributed by atoms with E-state index >= 15 is 0 Å². The Hall–Kier alpha value is -0.770. The average Bonchev–Trinajstić information content (AvgIpc) is 2.04. The zero-order valence-corrected chi connectivity index (χ0v) is 7.83. The SMILES string of the molecule is CCOC(=O)OC(CC)COC. The number of hydrogen-bond donors (Lipinski definition) is 0.